The van der Waals surface area contributed by atoms with Crippen LogP contribution in [-0.2, 0) is 0 Å². The second-order valence-corrected chi connectivity index (χ2v) is 7.08. The van der Waals surface area contributed by atoms with Crippen LogP contribution in [0.5, 0.6) is 0 Å². The summed E-state index contributed by atoms with van der Waals surface area (Å²) < 4.78 is 0. The monoisotopic (exact) mass is 307 g/mol. The van der Waals surface area contributed by atoms with Crippen LogP contribution >= 0.6 is 35.1 Å². The standard InChI is InChI=1S/C15H14ClNS2/c16-13-6-5-11(17)7-15(13)19-9-10-8-18-14-4-2-1-3-12(10)14/h1-7,10H,8-9,17H2. The predicted molar refractivity (Wildman–Crippen MR) is 86.5 cm³/mol. The molecule has 0 radical (unpaired) electrons. The lowest BCUT2D eigenvalue weighted by molar-refractivity contribution is 0.896. The number of rotatable bonds is 3. The van der Waals surface area contributed by atoms with Gasteiger partial charge >= 0.3 is 0 Å². The van der Waals surface area contributed by atoms with Crippen molar-refractivity contribution >= 4 is 40.8 Å². The lowest BCUT2D eigenvalue weighted by Crippen LogP contribution is -2.00. The summed E-state index contributed by atoms with van der Waals surface area (Å²) in [5.41, 5.74) is 8.06. The van der Waals surface area contributed by atoms with Crippen molar-refractivity contribution < 1.29 is 0 Å². The summed E-state index contributed by atoms with van der Waals surface area (Å²) in [4.78, 5) is 2.50. The van der Waals surface area contributed by atoms with Crippen molar-refractivity contribution in [3.8, 4) is 0 Å². The molecular weight excluding hydrogens is 294 g/mol. The number of fused-ring (bicyclic) bond motifs is 1. The number of benzene rings is 2. The first-order chi connectivity index (χ1) is 9.24. The Morgan fingerprint density at radius 2 is 2.11 bits per heavy atom. The van der Waals surface area contributed by atoms with Gasteiger partial charge in [-0.15, -0.1) is 23.5 Å². The highest BCUT2D eigenvalue weighted by molar-refractivity contribution is 8.00. The van der Waals surface area contributed by atoms with E-state index >= 15 is 0 Å². The summed E-state index contributed by atoms with van der Waals surface area (Å²) in [5.74, 6) is 2.81. The zero-order valence-electron chi connectivity index (χ0n) is 10.3. The zero-order valence-corrected chi connectivity index (χ0v) is 12.7. The molecule has 1 nitrogen and oxygen atoms in total. The summed E-state index contributed by atoms with van der Waals surface area (Å²) in [6, 6.07) is 14.3. The van der Waals surface area contributed by atoms with Crippen LogP contribution in [0.25, 0.3) is 0 Å². The van der Waals surface area contributed by atoms with Gasteiger partial charge in [0.25, 0.3) is 0 Å². The van der Waals surface area contributed by atoms with Crippen molar-refractivity contribution in [3.63, 3.8) is 0 Å². The highest BCUT2D eigenvalue weighted by Crippen LogP contribution is 2.42. The fourth-order valence-electron chi connectivity index (χ4n) is 2.19. The van der Waals surface area contributed by atoms with Gasteiger partial charge < -0.3 is 5.73 Å². The van der Waals surface area contributed by atoms with E-state index in [0.717, 1.165) is 27.1 Å². The Hall–Kier alpha value is -0.770. The van der Waals surface area contributed by atoms with Crippen molar-refractivity contribution in [2.45, 2.75) is 15.7 Å². The van der Waals surface area contributed by atoms with E-state index in [-0.39, 0.29) is 0 Å². The number of hydrogen-bond donors (Lipinski definition) is 1. The van der Waals surface area contributed by atoms with Gasteiger partial charge in [-0.3, -0.25) is 0 Å². The second kappa shape index (κ2) is 5.70. The van der Waals surface area contributed by atoms with Crippen molar-refractivity contribution in [3.05, 3.63) is 53.1 Å². The lowest BCUT2D eigenvalue weighted by Gasteiger charge is -2.11. The third kappa shape index (κ3) is 2.88. The van der Waals surface area contributed by atoms with E-state index in [2.05, 4.69) is 24.3 Å². The molecule has 0 aromatic heterocycles. The van der Waals surface area contributed by atoms with Gasteiger partial charge in [-0.25, -0.2) is 0 Å². The Kier molecular flexibility index (Phi) is 3.96. The van der Waals surface area contributed by atoms with Crippen molar-refractivity contribution in [1.82, 2.24) is 0 Å². The molecule has 2 aromatic rings. The molecule has 4 heteroatoms. The molecular formula is C15H14ClNS2. The summed E-state index contributed by atoms with van der Waals surface area (Å²) in [6.07, 6.45) is 0. The van der Waals surface area contributed by atoms with E-state index in [0.29, 0.717) is 5.92 Å². The minimum atomic E-state index is 0.601. The molecule has 98 valence electrons. The van der Waals surface area contributed by atoms with Gasteiger partial charge in [0.1, 0.15) is 0 Å². The van der Waals surface area contributed by atoms with Gasteiger partial charge in [-0.2, -0.15) is 0 Å². The number of thioether (sulfide) groups is 2. The maximum Gasteiger partial charge on any atom is 0.0543 e. The summed E-state index contributed by atoms with van der Waals surface area (Å²) >= 11 is 9.94. The molecule has 2 N–H and O–H groups in total. The maximum atomic E-state index is 6.20. The van der Waals surface area contributed by atoms with Crippen LogP contribution in [0.1, 0.15) is 11.5 Å². The molecule has 0 spiro atoms. The van der Waals surface area contributed by atoms with E-state index in [1.807, 2.05) is 30.0 Å². The average Bonchev–Trinajstić information content (AvgIpc) is 2.83. The number of halogens is 1. The van der Waals surface area contributed by atoms with Gasteiger partial charge in [-0.1, -0.05) is 29.8 Å². The smallest absolute Gasteiger partial charge is 0.0543 e. The van der Waals surface area contributed by atoms with Crippen molar-refractivity contribution in [2.24, 2.45) is 0 Å². The average molecular weight is 308 g/mol. The molecule has 1 atom stereocenters. The fourth-order valence-corrected chi connectivity index (χ4v) is 4.98. The van der Waals surface area contributed by atoms with E-state index in [4.69, 9.17) is 17.3 Å². The molecule has 19 heavy (non-hydrogen) atoms. The Bertz CT molecular complexity index is 600. The highest BCUT2D eigenvalue weighted by atomic mass is 35.5. The maximum absolute atomic E-state index is 6.20. The lowest BCUT2D eigenvalue weighted by atomic mass is 10.0. The largest absolute Gasteiger partial charge is 0.399 e. The summed E-state index contributed by atoms with van der Waals surface area (Å²) in [5, 5.41) is 0.790. The van der Waals surface area contributed by atoms with Crippen LogP contribution < -0.4 is 5.73 Å². The van der Waals surface area contributed by atoms with Crippen LogP contribution in [-0.4, -0.2) is 11.5 Å². The molecule has 1 aliphatic rings. The molecule has 1 heterocycles. The Balaban J connectivity index is 1.72. The first-order valence-electron chi connectivity index (χ1n) is 6.13. The number of nitrogen functional groups attached to an aromatic ring is 1. The summed E-state index contributed by atoms with van der Waals surface area (Å²) in [7, 11) is 0. The first kappa shape index (κ1) is 13.2. The molecule has 0 bridgehead atoms. The van der Waals surface area contributed by atoms with Crippen LogP contribution in [0, 0.1) is 0 Å². The third-order valence-electron chi connectivity index (χ3n) is 3.19. The molecule has 2 aromatic carbocycles. The summed E-state index contributed by atoms with van der Waals surface area (Å²) in [6.45, 7) is 0. The molecule has 0 aliphatic carbocycles. The van der Waals surface area contributed by atoms with E-state index in [1.54, 1.807) is 11.8 Å². The van der Waals surface area contributed by atoms with E-state index in [1.165, 1.54) is 10.5 Å². The number of anilines is 1. The minimum absolute atomic E-state index is 0.601. The van der Waals surface area contributed by atoms with Gasteiger partial charge in [0.05, 0.1) is 5.02 Å². The molecule has 0 fully saturated rings. The molecule has 3 rings (SSSR count). The third-order valence-corrected chi connectivity index (χ3v) is 6.11. The van der Waals surface area contributed by atoms with Crippen LogP contribution in [0.3, 0.4) is 0 Å². The molecule has 1 aliphatic heterocycles. The van der Waals surface area contributed by atoms with Gasteiger partial charge in [0.15, 0.2) is 0 Å². The van der Waals surface area contributed by atoms with Crippen LogP contribution in [0.4, 0.5) is 5.69 Å². The number of hydrogen-bond acceptors (Lipinski definition) is 3. The minimum Gasteiger partial charge on any atom is -0.399 e. The molecule has 0 amide bonds. The van der Waals surface area contributed by atoms with Crippen molar-refractivity contribution in [2.75, 3.05) is 17.2 Å². The van der Waals surface area contributed by atoms with E-state index < -0.39 is 0 Å². The second-order valence-electron chi connectivity index (χ2n) is 4.55. The fraction of sp³-hybridized carbons (Fsp3) is 0.200. The molecule has 1 unspecified atom stereocenters. The van der Waals surface area contributed by atoms with Gasteiger partial charge in [0.2, 0.25) is 0 Å². The molecule has 0 saturated carbocycles. The SMILES string of the molecule is Nc1ccc(Cl)c(SCC2CSc3ccccc32)c1. The quantitative estimate of drug-likeness (QED) is 0.645. The van der Waals surface area contributed by atoms with Gasteiger partial charge in [-0.05, 0) is 29.8 Å². The first-order valence-corrected chi connectivity index (χ1v) is 8.48. The predicted octanol–water partition coefficient (Wildman–Crippen LogP) is 4.90. The Labute approximate surface area is 126 Å². The Morgan fingerprint density at radius 3 is 3.00 bits per heavy atom. The van der Waals surface area contributed by atoms with Gasteiger partial charge in [0, 0.05) is 32.9 Å². The Morgan fingerprint density at radius 1 is 1.26 bits per heavy atom. The number of nitrogens with two attached hydrogens (primary N) is 1. The zero-order chi connectivity index (χ0) is 13.2. The highest BCUT2D eigenvalue weighted by Gasteiger charge is 2.22. The van der Waals surface area contributed by atoms with Crippen LogP contribution in [0.2, 0.25) is 5.02 Å². The normalized spacial score (nSPS) is 17.4. The topological polar surface area (TPSA) is 26.0 Å². The van der Waals surface area contributed by atoms with Crippen LogP contribution in [0.15, 0.2) is 52.3 Å². The van der Waals surface area contributed by atoms with E-state index in [9.17, 15) is 0 Å². The van der Waals surface area contributed by atoms with Crippen molar-refractivity contribution in [1.29, 1.82) is 0 Å². The molecule has 0 saturated heterocycles.